The van der Waals surface area contributed by atoms with Gasteiger partial charge in [0.2, 0.25) is 5.88 Å². The molecule has 102 valence electrons. The highest BCUT2D eigenvalue weighted by atomic mass is 32.1. The van der Waals surface area contributed by atoms with E-state index in [1.54, 1.807) is 17.5 Å². The van der Waals surface area contributed by atoms with Gasteiger partial charge in [0.05, 0.1) is 17.3 Å². The van der Waals surface area contributed by atoms with Gasteiger partial charge in [0.25, 0.3) is 0 Å². The average Bonchev–Trinajstić information content (AvgIpc) is 2.90. The van der Waals surface area contributed by atoms with Crippen molar-refractivity contribution in [1.29, 1.82) is 0 Å². The molecule has 1 unspecified atom stereocenters. The van der Waals surface area contributed by atoms with Gasteiger partial charge in [-0.25, -0.2) is 9.97 Å². The molecule has 0 aliphatic rings. The van der Waals surface area contributed by atoms with Gasteiger partial charge in [-0.15, -0.1) is 11.3 Å². The number of thiazole rings is 1. The second kappa shape index (κ2) is 6.63. The molecule has 0 aliphatic heterocycles. The van der Waals surface area contributed by atoms with Crippen LogP contribution in [0.25, 0.3) is 0 Å². The number of rotatable bonds is 6. The minimum absolute atomic E-state index is 0.129. The molecule has 0 amide bonds. The van der Waals surface area contributed by atoms with Gasteiger partial charge >= 0.3 is 0 Å². The molecule has 2 aromatic heterocycles. The maximum absolute atomic E-state index is 5.70. The van der Waals surface area contributed by atoms with E-state index in [1.807, 2.05) is 31.5 Å². The van der Waals surface area contributed by atoms with Crippen LogP contribution in [0.2, 0.25) is 0 Å². The van der Waals surface area contributed by atoms with Crippen LogP contribution < -0.4 is 10.1 Å². The van der Waals surface area contributed by atoms with Crippen LogP contribution in [-0.4, -0.2) is 16.1 Å². The van der Waals surface area contributed by atoms with E-state index >= 15 is 0 Å². The van der Waals surface area contributed by atoms with Crippen molar-refractivity contribution in [2.24, 2.45) is 0 Å². The molecule has 0 aliphatic carbocycles. The number of nitrogens with one attached hydrogen (secondary N) is 1. The zero-order chi connectivity index (χ0) is 13.7. The Balaban J connectivity index is 1.99. The van der Waals surface area contributed by atoms with E-state index < -0.39 is 0 Å². The topological polar surface area (TPSA) is 47.0 Å². The number of nitrogens with zero attached hydrogens (tertiary/aromatic N) is 2. The van der Waals surface area contributed by atoms with E-state index in [-0.39, 0.29) is 12.1 Å². The normalized spacial score (nSPS) is 12.6. The summed E-state index contributed by atoms with van der Waals surface area (Å²) in [5.74, 6) is 0.704. The summed E-state index contributed by atoms with van der Waals surface area (Å²) < 4.78 is 5.70. The van der Waals surface area contributed by atoms with Crippen molar-refractivity contribution >= 4 is 11.3 Å². The molecule has 2 heterocycles. The standard InChI is InChI=1S/C14H19N3OS/c1-10(2)18-14-12(5-4-6-15-14)7-16-11(3)13-8-19-9-17-13/h4-6,8-11,16H,7H2,1-3H3. The molecule has 0 saturated heterocycles. The lowest BCUT2D eigenvalue weighted by Gasteiger charge is -2.15. The van der Waals surface area contributed by atoms with Crippen LogP contribution in [0, 0.1) is 0 Å². The second-order valence-electron chi connectivity index (χ2n) is 4.65. The Morgan fingerprint density at radius 3 is 2.84 bits per heavy atom. The number of aromatic nitrogens is 2. The summed E-state index contributed by atoms with van der Waals surface area (Å²) in [4.78, 5) is 8.59. The van der Waals surface area contributed by atoms with Crippen molar-refractivity contribution in [3.05, 3.63) is 40.5 Å². The van der Waals surface area contributed by atoms with E-state index in [4.69, 9.17) is 4.74 Å². The quantitative estimate of drug-likeness (QED) is 0.881. The molecule has 0 saturated carbocycles. The highest BCUT2D eigenvalue weighted by Gasteiger charge is 2.10. The number of ether oxygens (including phenoxy) is 1. The Morgan fingerprint density at radius 2 is 2.16 bits per heavy atom. The molecule has 19 heavy (non-hydrogen) atoms. The average molecular weight is 277 g/mol. The largest absolute Gasteiger partial charge is 0.475 e. The lowest BCUT2D eigenvalue weighted by molar-refractivity contribution is 0.229. The highest BCUT2D eigenvalue weighted by molar-refractivity contribution is 7.07. The van der Waals surface area contributed by atoms with Crippen LogP contribution in [0.3, 0.4) is 0 Å². The van der Waals surface area contributed by atoms with Crippen molar-refractivity contribution in [3.8, 4) is 5.88 Å². The number of hydrogen-bond donors (Lipinski definition) is 1. The smallest absolute Gasteiger partial charge is 0.218 e. The second-order valence-corrected chi connectivity index (χ2v) is 5.37. The monoisotopic (exact) mass is 277 g/mol. The van der Waals surface area contributed by atoms with E-state index in [2.05, 4.69) is 27.6 Å². The zero-order valence-corrected chi connectivity index (χ0v) is 12.3. The summed E-state index contributed by atoms with van der Waals surface area (Å²) in [5.41, 5.74) is 3.99. The Bertz CT molecular complexity index is 499. The maximum Gasteiger partial charge on any atom is 0.218 e. The molecule has 0 fully saturated rings. The third kappa shape index (κ3) is 4.01. The predicted octanol–water partition coefficient (Wildman–Crippen LogP) is 3.18. The summed E-state index contributed by atoms with van der Waals surface area (Å²) in [5, 5.41) is 5.50. The Kier molecular flexibility index (Phi) is 4.87. The minimum Gasteiger partial charge on any atom is -0.475 e. The Labute approximate surface area is 117 Å². The Morgan fingerprint density at radius 1 is 1.32 bits per heavy atom. The van der Waals surface area contributed by atoms with E-state index in [0.29, 0.717) is 12.4 Å². The van der Waals surface area contributed by atoms with Crippen LogP contribution >= 0.6 is 11.3 Å². The van der Waals surface area contributed by atoms with Gasteiger partial charge < -0.3 is 10.1 Å². The van der Waals surface area contributed by atoms with Crippen LogP contribution in [0.15, 0.2) is 29.2 Å². The maximum atomic E-state index is 5.70. The molecule has 5 heteroatoms. The molecule has 1 N–H and O–H groups in total. The van der Waals surface area contributed by atoms with Crippen LogP contribution in [0.1, 0.15) is 38.1 Å². The first-order chi connectivity index (χ1) is 9.16. The molecule has 1 atom stereocenters. The summed E-state index contributed by atoms with van der Waals surface area (Å²) in [6.07, 6.45) is 1.88. The van der Waals surface area contributed by atoms with Gasteiger partial charge in [-0.1, -0.05) is 6.07 Å². The minimum atomic E-state index is 0.129. The SMILES string of the molecule is CC(C)Oc1ncccc1CNC(C)c1cscn1. The molecule has 4 nitrogen and oxygen atoms in total. The molecule has 2 rings (SSSR count). The zero-order valence-electron chi connectivity index (χ0n) is 11.5. The van der Waals surface area contributed by atoms with E-state index in [0.717, 1.165) is 11.3 Å². The van der Waals surface area contributed by atoms with E-state index in [9.17, 15) is 0 Å². The van der Waals surface area contributed by atoms with Gasteiger partial charge in [-0.3, -0.25) is 0 Å². The number of hydrogen-bond acceptors (Lipinski definition) is 5. The summed E-state index contributed by atoms with van der Waals surface area (Å²) in [7, 11) is 0. The van der Waals surface area contributed by atoms with Crippen LogP contribution in [0.5, 0.6) is 5.88 Å². The Hall–Kier alpha value is -1.46. The molecule has 0 aromatic carbocycles. The van der Waals surface area contributed by atoms with E-state index in [1.165, 1.54) is 0 Å². The van der Waals surface area contributed by atoms with Crippen molar-refractivity contribution in [1.82, 2.24) is 15.3 Å². The molecule has 2 aromatic rings. The third-order valence-electron chi connectivity index (χ3n) is 2.69. The lowest BCUT2D eigenvalue weighted by Crippen LogP contribution is -2.19. The van der Waals surface area contributed by atoms with Gasteiger partial charge in [-0.2, -0.15) is 0 Å². The van der Waals surface area contributed by atoms with Gasteiger partial charge in [0.15, 0.2) is 0 Å². The van der Waals surface area contributed by atoms with Gasteiger partial charge in [0.1, 0.15) is 0 Å². The first-order valence-corrected chi connectivity index (χ1v) is 7.33. The number of pyridine rings is 1. The summed E-state index contributed by atoms with van der Waals surface area (Å²) >= 11 is 1.61. The van der Waals surface area contributed by atoms with Crippen molar-refractivity contribution < 1.29 is 4.74 Å². The fourth-order valence-electron chi connectivity index (χ4n) is 1.69. The summed E-state index contributed by atoms with van der Waals surface area (Å²) in [6, 6.07) is 4.18. The first-order valence-electron chi connectivity index (χ1n) is 6.39. The molecule has 0 bridgehead atoms. The fourth-order valence-corrected chi connectivity index (χ4v) is 2.34. The molecular weight excluding hydrogens is 258 g/mol. The lowest BCUT2D eigenvalue weighted by atomic mass is 10.2. The molecule has 0 radical (unpaired) electrons. The molecular formula is C14H19N3OS. The van der Waals surface area contributed by atoms with Gasteiger partial charge in [0, 0.05) is 29.7 Å². The van der Waals surface area contributed by atoms with Crippen LogP contribution in [0.4, 0.5) is 0 Å². The first kappa shape index (κ1) is 14.0. The van der Waals surface area contributed by atoms with Gasteiger partial charge in [-0.05, 0) is 26.8 Å². The molecule has 0 spiro atoms. The summed E-state index contributed by atoms with van der Waals surface area (Å²) in [6.45, 7) is 6.83. The highest BCUT2D eigenvalue weighted by Crippen LogP contribution is 2.18. The third-order valence-corrected chi connectivity index (χ3v) is 3.30. The van der Waals surface area contributed by atoms with Crippen LogP contribution in [-0.2, 0) is 6.54 Å². The van der Waals surface area contributed by atoms with Crippen molar-refractivity contribution in [2.75, 3.05) is 0 Å². The van der Waals surface area contributed by atoms with Crippen molar-refractivity contribution in [3.63, 3.8) is 0 Å². The predicted molar refractivity (Wildman–Crippen MR) is 77.4 cm³/mol. The van der Waals surface area contributed by atoms with Crippen molar-refractivity contribution in [2.45, 2.75) is 39.5 Å². The fraction of sp³-hybridized carbons (Fsp3) is 0.429.